The molecular weight excluding hydrogens is 270 g/mol. The number of pyridine rings is 1. The molecule has 0 aliphatic carbocycles. The summed E-state index contributed by atoms with van der Waals surface area (Å²) in [5.41, 5.74) is 0.402. The van der Waals surface area contributed by atoms with Crippen molar-refractivity contribution in [1.82, 2.24) is 15.6 Å². The zero-order chi connectivity index (χ0) is 15.7. The van der Waals surface area contributed by atoms with E-state index in [4.69, 9.17) is 4.74 Å². The zero-order valence-electron chi connectivity index (χ0n) is 12.8. The van der Waals surface area contributed by atoms with E-state index in [1.165, 1.54) is 0 Å². The molecule has 0 aromatic carbocycles. The van der Waals surface area contributed by atoms with Crippen molar-refractivity contribution >= 4 is 12.0 Å². The van der Waals surface area contributed by atoms with Crippen LogP contribution >= 0.6 is 0 Å². The molecule has 2 amide bonds. The Morgan fingerprint density at radius 1 is 1.19 bits per heavy atom. The molecule has 116 valence electrons. The highest BCUT2D eigenvalue weighted by Crippen LogP contribution is 2.06. The molecule has 0 fully saturated rings. The van der Waals surface area contributed by atoms with E-state index in [1.54, 1.807) is 27.0 Å². The van der Waals surface area contributed by atoms with Gasteiger partial charge in [0.2, 0.25) is 5.91 Å². The van der Waals surface area contributed by atoms with Gasteiger partial charge in [-0.2, -0.15) is 0 Å². The van der Waals surface area contributed by atoms with E-state index in [-0.39, 0.29) is 18.9 Å². The minimum absolute atomic E-state index is 0.109. The van der Waals surface area contributed by atoms with Gasteiger partial charge in [-0.1, -0.05) is 6.07 Å². The van der Waals surface area contributed by atoms with Crippen molar-refractivity contribution in [2.75, 3.05) is 13.1 Å². The van der Waals surface area contributed by atoms with Crippen LogP contribution < -0.4 is 10.6 Å². The van der Waals surface area contributed by atoms with E-state index in [2.05, 4.69) is 15.6 Å². The Hall–Kier alpha value is -2.11. The largest absolute Gasteiger partial charge is 0.444 e. The first kappa shape index (κ1) is 16.9. The standard InChI is InChI=1S/C15H23N3O3/c1-15(2,3)21-14(20)18-11-8-13(19)17-10-7-12-6-4-5-9-16-12/h4-6,9H,7-8,10-11H2,1-3H3,(H,17,19)(H,18,20). The maximum Gasteiger partial charge on any atom is 0.407 e. The number of nitrogens with zero attached hydrogens (tertiary/aromatic N) is 1. The van der Waals surface area contributed by atoms with E-state index >= 15 is 0 Å². The van der Waals surface area contributed by atoms with Gasteiger partial charge in [0.1, 0.15) is 5.60 Å². The Bertz CT molecular complexity index is 455. The molecule has 0 aliphatic rings. The quantitative estimate of drug-likeness (QED) is 0.836. The van der Waals surface area contributed by atoms with Gasteiger partial charge in [0.15, 0.2) is 0 Å². The maximum absolute atomic E-state index is 11.6. The second-order valence-corrected chi connectivity index (χ2v) is 5.60. The molecule has 21 heavy (non-hydrogen) atoms. The highest BCUT2D eigenvalue weighted by molar-refractivity contribution is 5.77. The summed E-state index contributed by atoms with van der Waals surface area (Å²) in [5, 5.41) is 5.33. The molecule has 0 spiro atoms. The lowest BCUT2D eigenvalue weighted by Gasteiger charge is -2.19. The Kier molecular flexibility index (Phi) is 6.65. The summed E-state index contributed by atoms with van der Waals surface area (Å²) < 4.78 is 5.07. The third-order valence-electron chi connectivity index (χ3n) is 2.45. The molecule has 1 heterocycles. The summed E-state index contributed by atoms with van der Waals surface area (Å²) in [5.74, 6) is -0.109. The molecule has 0 unspecified atom stereocenters. The fourth-order valence-electron chi connectivity index (χ4n) is 1.56. The van der Waals surface area contributed by atoms with Crippen molar-refractivity contribution in [3.05, 3.63) is 30.1 Å². The number of hydrogen-bond acceptors (Lipinski definition) is 4. The van der Waals surface area contributed by atoms with Crippen molar-refractivity contribution in [3.8, 4) is 0 Å². The molecule has 0 aliphatic heterocycles. The van der Waals surface area contributed by atoms with Crippen LogP contribution in [0.3, 0.4) is 0 Å². The van der Waals surface area contributed by atoms with Gasteiger partial charge in [0.05, 0.1) is 0 Å². The van der Waals surface area contributed by atoms with E-state index < -0.39 is 11.7 Å². The maximum atomic E-state index is 11.6. The second-order valence-electron chi connectivity index (χ2n) is 5.60. The smallest absolute Gasteiger partial charge is 0.407 e. The van der Waals surface area contributed by atoms with E-state index in [1.807, 2.05) is 18.2 Å². The molecule has 1 rings (SSSR count). The van der Waals surface area contributed by atoms with Gasteiger partial charge < -0.3 is 15.4 Å². The first-order chi connectivity index (χ1) is 9.87. The van der Waals surface area contributed by atoms with Crippen molar-refractivity contribution in [1.29, 1.82) is 0 Å². The van der Waals surface area contributed by atoms with Crippen molar-refractivity contribution in [2.45, 2.75) is 39.2 Å². The Balaban J connectivity index is 2.10. The number of alkyl carbamates (subject to hydrolysis) is 1. The summed E-state index contributed by atoms with van der Waals surface area (Å²) in [4.78, 5) is 27.1. The van der Waals surface area contributed by atoms with Crippen LogP contribution in [0, 0.1) is 0 Å². The van der Waals surface area contributed by atoms with E-state index in [0.29, 0.717) is 13.0 Å². The Morgan fingerprint density at radius 3 is 2.57 bits per heavy atom. The highest BCUT2D eigenvalue weighted by atomic mass is 16.6. The highest BCUT2D eigenvalue weighted by Gasteiger charge is 2.15. The van der Waals surface area contributed by atoms with Crippen molar-refractivity contribution in [2.24, 2.45) is 0 Å². The van der Waals surface area contributed by atoms with Gasteiger partial charge in [-0.25, -0.2) is 4.79 Å². The number of aromatic nitrogens is 1. The lowest BCUT2D eigenvalue weighted by Crippen LogP contribution is -2.35. The Labute approximate surface area is 125 Å². The predicted molar refractivity (Wildman–Crippen MR) is 79.8 cm³/mol. The molecule has 6 nitrogen and oxygen atoms in total. The predicted octanol–water partition coefficient (Wildman–Crippen LogP) is 1.66. The van der Waals surface area contributed by atoms with Gasteiger partial charge in [0, 0.05) is 37.8 Å². The van der Waals surface area contributed by atoms with Crippen molar-refractivity contribution in [3.63, 3.8) is 0 Å². The van der Waals surface area contributed by atoms with Gasteiger partial charge in [-0.05, 0) is 32.9 Å². The van der Waals surface area contributed by atoms with E-state index in [9.17, 15) is 9.59 Å². The van der Waals surface area contributed by atoms with Gasteiger partial charge in [-0.15, -0.1) is 0 Å². The number of rotatable bonds is 6. The Morgan fingerprint density at radius 2 is 1.95 bits per heavy atom. The van der Waals surface area contributed by atoms with Crippen LogP contribution in [0.5, 0.6) is 0 Å². The summed E-state index contributed by atoms with van der Waals surface area (Å²) in [6.07, 6.45) is 2.12. The molecule has 0 radical (unpaired) electrons. The summed E-state index contributed by atoms with van der Waals surface area (Å²) in [7, 11) is 0. The van der Waals surface area contributed by atoms with Crippen molar-refractivity contribution < 1.29 is 14.3 Å². The average Bonchev–Trinajstić information content (AvgIpc) is 2.38. The summed E-state index contributed by atoms with van der Waals surface area (Å²) >= 11 is 0. The lowest BCUT2D eigenvalue weighted by molar-refractivity contribution is -0.120. The topological polar surface area (TPSA) is 80.3 Å². The fourth-order valence-corrected chi connectivity index (χ4v) is 1.56. The molecule has 0 atom stereocenters. The number of carbonyl (C=O) groups is 2. The van der Waals surface area contributed by atoms with Crippen LogP contribution in [-0.2, 0) is 16.0 Å². The molecular formula is C15H23N3O3. The number of ether oxygens (including phenoxy) is 1. The fraction of sp³-hybridized carbons (Fsp3) is 0.533. The van der Waals surface area contributed by atoms with Gasteiger partial charge in [-0.3, -0.25) is 9.78 Å². The zero-order valence-corrected chi connectivity index (χ0v) is 12.8. The summed E-state index contributed by atoms with van der Waals surface area (Å²) in [6, 6.07) is 5.68. The molecule has 2 N–H and O–H groups in total. The molecule has 0 saturated carbocycles. The molecule has 6 heteroatoms. The summed E-state index contributed by atoms with van der Waals surface area (Å²) in [6.45, 7) is 6.15. The average molecular weight is 293 g/mol. The van der Waals surface area contributed by atoms with Crippen LogP contribution in [-0.4, -0.2) is 35.7 Å². The first-order valence-electron chi connectivity index (χ1n) is 7.00. The third kappa shape index (κ3) is 8.62. The number of hydrogen-bond donors (Lipinski definition) is 2. The minimum atomic E-state index is -0.533. The van der Waals surface area contributed by atoms with Crippen LogP contribution in [0.25, 0.3) is 0 Å². The van der Waals surface area contributed by atoms with Crippen LogP contribution in [0.4, 0.5) is 4.79 Å². The monoisotopic (exact) mass is 293 g/mol. The number of carbonyl (C=O) groups excluding carboxylic acids is 2. The van der Waals surface area contributed by atoms with Gasteiger partial charge in [0.25, 0.3) is 0 Å². The number of amides is 2. The molecule has 1 aromatic rings. The van der Waals surface area contributed by atoms with Crippen LogP contribution in [0.15, 0.2) is 24.4 Å². The normalized spacial score (nSPS) is 10.8. The number of nitrogens with one attached hydrogen (secondary N) is 2. The SMILES string of the molecule is CC(C)(C)OC(=O)NCCC(=O)NCCc1ccccn1. The minimum Gasteiger partial charge on any atom is -0.444 e. The van der Waals surface area contributed by atoms with E-state index in [0.717, 1.165) is 5.69 Å². The lowest BCUT2D eigenvalue weighted by atomic mass is 10.2. The molecule has 0 saturated heterocycles. The third-order valence-corrected chi connectivity index (χ3v) is 2.45. The first-order valence-corrected chi connectivity index (χ1v) is 7.00. The van der Waals surface area contributed by atoms with Crippen LogP contribution in [0.2, 0.25) is 0 Å². The molecule has 0 bridgehead atoms. The second kappa shape index (κ2) is 8.24. The van der Waals surface area contributed by atoms with Gasteiger partial charge >= 0.3 is 6.09 Å². The van der Waals surface area contributed by atoms with Crippen LogP contribution in [0.1, 0.15) is 32.9 Å². The molecule has 1 aromatic heterocycles.